The Kier molecular flexibility index (Phi) is 5.35. The molecule has 156 valence electrons. The summed E-state index contributed by atoms with van der Waals surface area (Å²) in [6.07, 6.45) is 2.93. The lowest BCUT2D eigenvalue weighted by atomic mass is 10.0. The van der Waals surface area contributed by atoms with E-state index in [0.29, 0.717) is 37.4 Å². The fraction of sp³-hybridized carbons (Fsp3) is 0.381. The van der Waals surface area contributed by atoms with Crippen LogP contribution in [0.1, 0.15) is 43.6 Å². The Balaban J connectivity index is 1.44. The van der Waals surface area contributed by atoms with Gasteiger partial charge in [-0.05, 0) is 25.1 Å². The van der Waals surface area contributed by atoms with E-state index in [1.807, 2.05) is 36.7 Å². The number of fused-ring (bicyclic) bond motifs is 1. The van der Waals surface area contributed by atoms with Gasteiger partial charge in [-0.3, -0.25) is 23.9 Å². The number of nitrogens with one attached hydrogen (secondary N) is 1. The fourth-order valence-corrected chi connectivity index (χ4v) is 3.75. The number of hydrogen-bond donors (Lipinski definition) is 1. The second kappa shape index (κ2) is 8.10. The van der Waals surface area contributed by atoms with E-state index in [0.717, 1.165) is 29.1 Å². The Morgan fingerprint density at radius 3 is 2.67 bits per heavy atom. The van der Waals surface area contributed by atoms with E-state index in [1.54, 1.807) is 29.1 Å². The van der Waals surface area contributed by atoms with Crippen LogP contribution in [0.15, 0.2) is 30.5 Å². The molecule has 0 bridgehead atoms. The highest BCUT2D eigenvalue weighted by Crippen LogP contribution is 2.23. The molecule has 9 heteroatoms. The van der Waals surface area contributed by atoms with Crippen molar-refractivity contribution in [3.8, 4) is 0 Å². The number of carbonyl (C=O) groups excluding carboxylic acids is 2. The summed E-state index contributed by atoms with van der Waals surface area (Å²) in [5, 5.41) is 11.8. The van der Waals surface area contributed by atoms with Gasteiger partial charge in [0, 0.05) is 69.7 Å². The van der Waals surface area contributed by atoms with Gasteiger partial charge >= 0.3 is 0 Å². The van der Waals surface area contributed by atoms with Crippen molar-refractivity contribution in [1.29, 1.82) is 0 Å². The van der Waals surface area contributed by atoms with Crippen LogP contribution in [0.4, 0.5) is 0 Å². The largest absolute Gasteiger partial charge is 0.350 e. The van der Waals surface area contributed by atoms with Gasteiger partial charge in [0.1, 0.15) is 5.69 Å². The molecule has 1 aliphatic rings. The normalized spacial score (nSPS) is 13.2. The molecule has 30 heavy (non-hydrogen) atoms. The van der Waals surface area contributed by atoms with Gasteiger partial charge in [0.2, 0.25) is 0 Å². The van der Waals surface area contributed by atoms with Crippen LogP contribution in [0.25, 0.3) is 0 Å². The molecular weight excluding hydrogens is 382 g/mol. The van der Waals surface area contributed by atoms with Gasteiger partial charge in [0.05, 0.1) is 5.69 Å². The maximum atomic E-state index is 12.9. The average Bonchev–Trinajstić information content (AvgIpc) is 3.26. The molecule has 9 nitrogen and oxygen atoms in total. The second-order valence-electron chi connectivity index (χ2n) is 7.49. The minimum Gasteiger partial charge on any atom is -0.350 e. The third-order valence-corrected chi connectivity index (χ3v) is 5.49. The number of amides is 2. The van der Waals surface area contributed by atoms with Gasteiger partial charge in [-0.25, -0.2) is 0 Å². The lowest BCUT2D eigenvalue weighted by Crippen LogP contribution is -2.37. The van der Waals surface area contributed by atoms with Crippen molar-refractivity contribution in [2.24, 2.45) is 14.1 Å². The Bertz CT molecular complexity index is 1060. The summed E-state index contributed by atoms with van der Waals surface area (Å²) in [5.74, 6) is -0.273. The summed E-state index contributed by atoms with van der Waals surface area (Å²) in [5.41, 5.74) is 4.92. The zero-order valence-corrected chi connectivity index (χ0v) is 17.4. The predicted molar refractivity (Wildman–Crippen MR) is 110 cm³/mol. The summed E-state index contributed by atoms with van der Waals surface area (Å²) in [6, 6.07) is 7.05. The highest BCUT2D eigenvalue weighted by molar-refractivity contribution is 5.93. The molecule has 0 spiro atoms. The second-order valence-corrected chi connectivity index (χ2v) is 7.49. The molecule has 0 unspecified atom stereocenters. The monoisotopic (exact) mass is 407 g/mol. The molecule has 0 aromatic carbocycles. The Morgan fingerprint density at radius 2 is 1.97 bits per heavy atom. The van der Waals surface area contributed by atoms with Gasteiger partial charge < -0.3 is 10.2 Å². The van der Waals surface area contributed by atoms with Gasteiger partial charge in [-0.15, -0.1) is 0 Å². The maximum Gasteiger partial charge on any atom is 0.274 e. The SMILES string of the molecule is Cc1cc(C(=O)N2CCc3c(c(CCNC(=O)c4ccccn4)nn3C)C2)nn1C. The van der Waals surface area contributed by atoms with Crippen molar-refractivity contribution in [2.45, 2.75) is 26.3 Å². The number of pyridine rings is 1. The molecule has 0 radical (unpaired) electrons. The van der Waals surface area contributed by atoms with Crippen molar-refractivity contribution in [3.05, 3.63) is 64.5 Å². The van der Waals surface area contributed by atoms with Crippen LogP contribution in [0.5, 0.6) is 0 Å². The van der Waals surface area contributed by atoms with Gasteiger partial charge in [-0.2, -0.15) is 10.2 Å². The molecule has 0 saturated carbocycles. The zero-order valence-electron chi connectivity index (χ0n) is 17.4. The molecule has 4 rings (SSSR count). The summed E-state index contributed by atoms with van der Waals surface area (Å²) in [4.78, 5) is 31.0. The highest BCUT2D eigenvalue weighted by atomic mass is 16.2. The lowest BCUT2D eigenvalue weighted by Gasteiger charge is -2.27. The maximum absolute atomic E-state index is 12.9. The fourth-order valence-electron chi connectivity index (χ4n) is 3.75. The molecule has 3 aromatic rings. The standard InChI is InChI=1S/C21H25N7O2/c1-14-12-18(25-26(14)2)21(30)28-11-8-19-15(13-28)16(24-27(19)3)7-10-23-20(29)17-6-4-5-9-22-17/h4-6,9,12H,7-8,10-11,13H2,1-3H3,(H,23,29). The highest BCUT2D eigenvalue weighted by Gasteiger charge is 2.28. The summed E-state index contributed by atoms with van der Waals surface area (Å²) < 4.78 is 3.60. The Labute approximate surface area is 174 Å². The molecule has 3 aromatic heterocycles. The van der Waals surface area contributed by atoms with Crippen LogP contribution in [-0.2, 0) is 33.5 Å². The van der Waals surface area contributed by atoms with Gasteiger partial charge in [0.25, 0.3) is 11.8 Å². The van der Waals surface area contributed by atoms with Crippen molar-refractivity contribution >= 4 is 11.8 Å². The smallest absolute Gasteiger partial charge is 0.274 e. The minimum absolute atomic E-state index is 0.0670. The van der Waals surface area contributed by atoms with Crippen LogP contribution in [0.3, 0.4) is 0 Å². The summed E-state index contributed by atoms with van der Waals surface area (Å²) >= 11 is 0. The number of aromatic nitrogens is 5. The molecule has 1 N–H and O–H groups in total. The van der Waals surface area contributed by atoms with Crippen molar-refractivity contribution in [1.82, 2.24) is 34.8 Å². The van der Waals surface area contributed by atoms with E-state index < -0.39 is 0 Å². The summed E-state index contributed by atoms with van der Waals surface area (Å²) in [7, 11) is 3.76. The third-order valence-electron chi connectivity index (χ3n) is 5.49. The Hall–Kier alpha value is -3.49. The minimum atomic E-state index is -0.206. The third kappa shape index (κ3) is 3.83. The van der Waals surface area contributed by atoms with E-state index in [2.05, 4.69) is 20.5 Å². The zero-order chi connectivity index (χ0) is 21.3. The number of nitrogens with zero attached hydrogens (tertiary/aromatic N) is 6. The molecule has 4 heterocycles. The number of hydrogen-bond acceptors (Lipinski definition) is 5. The van der Waals surface area contributed by atoms with E-state index in [9.17, 15) is 9.59 Å². The van der Waals surface area contributed by atoms with E-state index in [4.69, 9.17) is 0 Å². The molecular formula is C21H25N7O2. The molecule has 0 fully saturated rings. The van der Waals surface area contributed by atoms with E-state index >= 15 is 0 Å². The predicted octanol–water partition coefficient (Wildman–Crippen LogP) is 1.03. The number of carbonyl (C=O) groups is 2. The quantitative estimate of drug-likeness (QED) is 0.681. The molecule has 1 aliphatic heterocycles. The molecule has 0 aliphatic carbocycles. The topological polar surface area (TPSA) is 97.9 Å². The van der Waals surface area contributed by atoms with Crippen LogP contribution in [0.2, 0.25) is 0 Å². The number of aryl methyl sites for hydroxylation is 3. The van der Waals surface area contributed by atoms with Crippen LogP contribution >= 0.6 is 0 Å². The van der Waals surface area contributed by atoms with Crippen LogP contribution < -0.4 is 5.32 Å². The molecule has 0 atom stereocenters. The lowest BCUT2D eigenvalue weighted by molar-refractivity contribution is 0.0726. The van der Waals surface area contributed by atoms with Crippen molar-refractivity contribution in [2.75, 3.05) is 13.1 Å². The van der Waals surface area contributed by atoms with E-state index in [1.165, 1.54) is 0 Å². The molecule has 0 saturated heterocycles. The Morgan fingerprint density at radius 1 is 1.13 bits per heavy atom. The van der Waals surface area contributed by atoms with Gasteiger partial charge in [0.15, 0.2) is 5.69 Å². The molecule has 2 amide bonds. The average molecular weight is 407 g/mol. The first-order valence-corrected chi connectivity index (χ1v) is 9.97. The first-order valence-electron chi connectivity index (χ1n) is 9.97. The van der Waals surface area contributed by atoms with Crippen molar-refractivity contribution < 1.29 is 9.59 Å². The summed E-state index contributed by atoms with van der Waals surface area (Å²) in [6.45, 7) is 3.51. The van der Waals surface area contributed by atoms with E-state index in [-0.39, 0.29) is 11.8 Å². The van der Waals surface area contributed by atoms with Gasteiger partial charge in [-0.1, -0.05) is 6.07 Å². The van der Waals surface area contributed by atoms with Crippen molar-refractivity contribution in [3.63, 3.8) is 0 Å². The first kappa shape index (κ1) is 19.8. The number of rotatable bonds is 5. The van der Waals surface area contributed by atoms with Crippen LogP contribution in [0, 0.1) is 6.92 Å². The first-order chi connectivity index (χ1) is 14.4. The van der Waals surface area contributed by atoms with Crippen LogP contribution in [-0.4, -0.2) is 54.3 Å².